The third-order valence-electron chi connectivity index (χ3n) is 3.81. The van der Waals surface area contributed by atoms with Gasteiger partial charge in [0, 0.05) is 19.6 Å². The number of halogens is 1. The van der Waals surface area contributed by atoms with Gasteiger partial charge in [-0.25, -0.2) is 8.42 Å². The highest BCUT2D eigenvalue weighted by Gasteiger charge is 2.33. The van der Waals surface area contributed by atoms with Crippen molar-refractivity contribution in [1.29, 1.82) is 0 Å². The van der Waals surface area contributed by atoms with Crippen LogP contribution in [0, 0.1) is 5.92 Å². The van der Waals surface area contributed by atoms with Crippen LogP contribution in [0.4, 0.5) is 0 Å². The van der Waals surface area contributed by atoms with E-state index in [4.69, 9.17) is 0 Å². The normalized spacial score (nSPS) is 20.5. The Morgan fingerprint density at radius 2 is 1.96 bits per heavy atom. The minimum atomic E-state index is -3.06. The number of rotatable bonds is 7. The number of hydrogen-bond donors (Lipinski definition) is 2. The number of guanidine groups is 1. The third-order valence-corrected chi connectivity index (χ3v) is 5.49. The standard InChI is InChI=1S/C16H25N3O2S.HI/c1-13-11-15(13)19-16(17-2)18-9-6-10-22(20,21)12-14-7-4-3-5-8-14;/h3-5,7-8,13,15H,6,9-12H2,1-2H3,(H2,17,18,19);1H. The van der Waals surface area contributed by atoms with Crippen LogP contribution in [-0.2, 0) is 15.6 Å². The van der Waals surface area contributed by atoms with Gasteiger partial charge in [-0.15, -0.1) is 24.0 Å². The molecule has 2 unspecified atom stereocenters. The average molecular weight is 451 g/mol. The summed E-state index contributed by atoms with van der Waals surface area (Å²) in [5, 5.41) is 6.49. The molecule has 0 aliphatic heterocycles. The fraction of sp³-hybridized carbons (Fsp3) is 0.562. The Morgan fingerprint density at radius 3 is 2.52 bits per heavy atom. The first-order valence-corrected chi connectivity index (χ1v) is 9.54. The van der Waals surface area contributed by atoms with Gasteiger partial charge in [0.05, 0.1) is 11.5 Å². The lowest BCUT2D eigenvalue weighted by atomic mass is 10.2. The molecule has 23 heavy (non-hydrogen) atoms. The number of nitrogens with one attached hydrogen (secondary N) is 2. The summed E-state index contributed by atoms with van der Waals surface area (Å²) in [5.41, 5.74) is 0.843. The number of hydrogen-bond acceptors (Lipinski definition) is 3. The lowest BCUT2D eigenvalue weighted by Gasteiger charge is -2.11. The van der Waals surface area contributed by atoms with Gasteiger partial charge in [-0.1, -0.05) is 37.3 Å². The number of sulfone groups is 1. The first-order chi connectivity index (χ1) is 10.5. The third kappa shape index (κ3) is 7.52. The predicted octanol–water partition coefficient (Wildman–Crippen LogP) is 2.18. The monoisotopic (exact) mass is 451 g/mol. The van der Waals surface area contributed by atoms with Crippen LogP contribution < -0.4 is 10.6 Å². The number of benzene rings is 1. The van der Waals surface area contributed by atoms with Crippen LogP contribution in [0.2, 0.25) is 0 Å². The highest BCUT2D eigenvalue weighted by Crippen LogP contribution is 2.28. The zero-order valence-corrected chi connectivity index (χ0v) is 16.8. The molecule has 0 spiro atoms. The van der Waals surface area contributed by atoms with E-state index in [2.05, 4.69) is 22.5 Å². The smallest absolute Gasteiger partial charge is 0.191 e. The molecule has 130 valence electrons. The molecule has 2 N–H and O–H groups in total. The van der Waals surface area contributed by atoms with E-state index < -0.39 is 9.84 Å². The minimum absolute atomic E-state index is 0. The molecule has 5 nitrogen and oxygen atoms in total. The van der Waals surface area contributed by atoms with Crippen LogP contribution in [0.25, 0.3) is 0 Å². The number of nitrogens with zero attached hydrogens (tertiary/aromatic N) is 1. The van der Waals surface area contributed by atoms with E-state index in [0.717, 1.165) is 11.5 Å². The Hall–Kier alpha value is -0.830. The minimum Gasteiger partial charge on any atom is -0.356 e. The maximum absolute atomic E-state index is 12.1. The largest absolute Gasteiger partial charge is 0.356 e. The average Bonchev–Trinajstić information content (AvgIpc) is 3.18. The summed E-state index contributed by atoms with van der Waals surface area (Å²) < 4.78 is 24.1. The predicted molar refractivity (Wildman–Crippen MR) is 106 cm³/mol. The van der Waals surface area contributed by atoms with E-state index >= 15 is 0 Å². The number of aliphatic imine (C=N–C) groups is 1. The van der Waals surface area contributed by atoms with Gasteiger partial charge >= 0.3 is 0 Å². The van der Waals surface area contributed by atoms with E-state index in [1.807, 2.05) is 30.3 Å². The van der Waals surface area contributed by atoms with E-state index in [9.17, 15) is 8.42 Å². The first-order valence-electron chi connectivity index (χ1n) is 7.72. The molecule has 1 fully saturated rings. The van der Waals surface area contributed by atoms with Crippen LogP contribution in [0.3, 0.4) is 0 Å². The Balaban J connectivity index is 0.00000264. The van der Waals surface area contributed by atoms with Gasteiger partial charge in [-0.2, -0.15) is 0 Å². The lowest BCUT2D eigenvalue weighted by Crippen LogP contribution is -2.39. The van der Waals surface area contributed by atoms with Crippen molar-refractivity contribution in [3.05, 3.63) is 35.9 Å². The molecule has 1 saturated carbocycles. The van der Waals surface area contributed by atoms with Gasteiger partial charge in [-0.3, -0.25) is 4.99 Å². The van der Waals surface area contributed by atoms with E-state index in [-0.39, 0.29) is 35.5 Å². The quantitative estimate of drug-likeness (QED) is 0.289. The Kier molecular flexibility index (Phi) is 8.32. The topological polar surface area (TPSA) is 70.6 Å². The Morgan fingerprint density at radius 1 is 1.30 bits per heavy atom. The van der Waals surface area contributed by atoms with E-state index in [0.29, 0.717) is 24.9 Å². The van der Waals surface area contributed by atoms with E-state index in [1.165, 1.54) is 6.42 Å². The molecule has 1 aromatic rings. The zero-order chi connectivity index (χ0) is 16.0. The van der Waals surface area contributed by atoms with Crippen molar-refractivity contribution in [2.75, 3.05) is 19.3 Å². The van der Waals surface area contributed by atoms with Crippen molar-refractivity contribution < 1.29 is 8.42 Å². The molecule has 0 bridgehead atoms. The summed E-state index contributed by atoms with van der Waals surface area (Å²) in [5.74, 6) is 1.76. The zero-order valence-electron chi connectivity index (χ0n) is 13.7. The Labute approximate surface area is 156 Å². The van der Waals surface area contributed by atoms with Crippen LogP contribution in [-0.4, -0.2) is 39.8 Å². The second-order valence-corrected chi connectivity index (χ2v) is 8.08. The molecule has 0 aromatic heterocycles. The molecule has 1 aliphatic rings. The summed E-state index contributed by atoms with van der Waals surface area (Å²) >= 11 is 0. The molecule has 0 amide bonds. The molecule has 1 aromatic carbocycles. The maximum atomic E-state index is 12.1. The molecule has 0 heterocycles. The van der Waals surface area contributed by atoms with Gasteiger partial charge in [0.25, 0.3) is 0 Å². The highest BCUT2D eigenvalue weighted by atomic mass is 127. The van der Waals surface area contributed by atoms with Crippen molar-refractivity contribution in [2.45, 2.75) is 31.6 Å². The van der Waals surface area contributed by atoms with Crippen molar-refractivity contribution in [1.82, 2.24) is 10.6 Å². The molecule has 0 radical (unpaired) electrons. The lowest BCUT2D eigenvalue weighted by molar-refractivity contribution is 0.591. The molecule has 2 atom stereocenters. The van der Waals surface area contributed by atoms with Crippen LogP contribution in [0.1, 0.15) is 25.3 Å². The fourth-order valence-corrected chi connectivity index (χ4v) is 3.72. The van der Waals surface area contributed by atoms with Gasteiger partial charge in [-0.05, 0) is 24.3 Å². The van der Waals surface area contributed by atoms with Crippen molar-refractivity contribution in [3.63, 3.8) is 0 Å². The SMILES string of the molecule is CN=C(NCCCS(=O)(=O)Cc1ccccc1)NC1CC1C.I. The summed E-state index contributed by atoms with van der Waals surface area (Å²) in [6.45, 7) is 2.80. The molecule has 2 rings (SSSR count). The second-order valence-electron chi connectivity index (χ2n) is 5.89. The molecule has 1 aliphatic carbocycles. The maximum Gasteiger partial charge on any atom is 0.191 e. The fourth-order valence-electron chi connectivity index (χ4n) is 2.29. The summed E-state index contributed by atoms with van der Waals surface area (Å²) in [6.07, 6.45) is 1.75. The van der Waals surface area contributed by atoms with Gasteiger partial charge in [0.15, 0.2) is 15.8 Å². The van der Waals surface area contributed by atoms with E-state index in [1.54, 1.807) is 7.05 Å². The Bertz CT molecular complexity index is 605. The van der Waals surface area contributed by atoms with Gasteiger partial charge in [0.2, 0.25) is 0 Å². The van der Waals surface area contributed by atoms with Crippen LogP contribution in [0.15, 0.2) is 35.3 Å². The van der Waals surface area contributed by atoms with Crippen molar-refractivity contribution in [2.24, 2.45) is 10.9 Å². The summed E-state index contributed by atoms with van der Waals surface area (Å²) in [6, 6.07) is 9.81. The second kappa shape index (κ2) is 9.46. The molecule has 0 saturated heterocycles. The summed E-state index contributed by atoms with van der Waals surface area (Å²) in [4.78, 5) is 4.15. The van der Waals surface area contributed by atoms with Crippen molar-refractivity contribution in [3.8, 4) is 0 Å². The molecular weight excluding hydrogens is 425 g/mol. The van der Waals surface area contributed by atoms with Crippen LogP contribution >= 0.6 is 24.0 Å². The molecule has 7 heteroatoms. The molecular formula is C16H26IN3O2S. The first kappa shape index (κ1) is 20.2. The van der Waals surface area contributed by atoms with Gasteiger partial charge in [0.1, 0.15) is 0 Å². The van der Waals surface area contributed by atoms with Crippen LogP contribution in [0.5, 0.6) is 0 Å². The van der Waals surface area contributed by atoms with Crippen molar-refractivity contribution >= 4 is 39.8 Å². The highest BCUT2D eigenvalue weighted by molar-refractivity contribution is 14.0. The van der Waals surface area contributed by atoms with Gasteiger partial charge < -0.3 is 10.6 Å². The summed E-state index contributed by atoms with van der Waals surface area (Å²) in [7, 11) is -1.33.